The molecular weight excluding hydrogens is 262 g/mol. The van der Waals surface area contributed by atoms with Crippen LogP contribution in [0.25, 0.3) is 0 Å². The first-order valence-corrected chi connectivity index (χ1v) is 7.75. The second-order valence-electron chi connectivity index (χ2n) is 6.30. The molecule has 1 fully saturated rings. The fourth-order valence-corrected chi connectivity index (χ4v) is 2.45. The summed E-state index contributed by atoms with van der Waals surface area (Å²) < 4.78 is 5.62. The monoisotopic (exact) mass is 285 g/mol. The van der Waals surface area contributed by atoms with Crippen LogP contribution in [0.5, 0.6) is 5.75 Å². The van der Waals surface area contributed by atoms with Crippen molar-refractivity contribution in [2.24, 2.45) is 11.8 Å². The maximum atomic E-state index is 12.2. The zero-order valence-corrected chi connectivity index (χ0v) is 12.8. The Kier molecular flexibility index (Phi) is 5.38. The van der Waals surface area contributed by atoms with Gasteiger partial charge in [-0.25, -0.2) is 0 Å². The van der Waals surface area contributed by atoms with Gasteiger partial charge < -0.3 is 4.74 Å². The minimum atomic E-state index is -0.634. The molecule has 1 aromatic carbocycles. The lowest BCUT2D eigenvalue weighted by molar-refractivity contribution is -0.120. The van der Waals surface area contributed by atoms with Crippen molar-refractivity contribution in [3.63, 3.8) is 0 Å². The van der Waals surface area contributed by atoms with Crippen LogP contribution in [0.2, 0.25) is 0 Å². The van der Waals surface area contributed by atoms with Gasteiger partial charge in [-0.15, -0.1) is 0 Å². The van der Waals surface area contributed by atoms with Crippen LogP contribution in [0.3, 0.4) is 0 Å². The molecule has 0 aliphatic heterocycles. The number of nitriles is 1. The van der Waals surface area contributed by atoms with E-state index >= 15 is 0 Å². The highest BCUT2D eigenvalue weighted by Crippen LogP contribution is 2.32. The van der Waals surface area contributed by atoms with Gasteiger partial charge in [-0.1, -0.05) is 45.2 Å². The maximum absolute atomic E-state index is 12.2. The average Bonchev–Trinajstić information content (AvgIpc) is 2.43. The number of ether oxygens (including phenoxy) is 1. The van der Waals surface area contributed by atoms with E-state index in [1.807, 2.05) is 24.3 Å². The Labute approximate surface area is 126 Å². The molecule has 1 saturated carbocycles. The summed E-state index contributed by atoms with van der Waals surface area (Å²) in [5.74, 6) is 1.18. The molecule has 2 rings (SSSR count). The highest BCUT2D eigenvalue weighted by Gasteiger charge is 2.26. The first-order valence-electron chi connectivity index (χ1n) is 7.75. The Morgan fingerprint density at radius 1 is 1.33 bits per heavy atom. The predicted octanol–water partition coefficient (Wildman–Crippen LogP) is 4.09. The minimum Gasteiger partial charge on any atom is -0.493 e. The number of ketones is 1. The Hall–Kier alpha value is -1.82. The highest BCUT2D eigenvalue weighted by atomic mass is 16.5. The van der Waals surface area contributed by atoms with Crippen molar-refractivity contribution < 1.29 is 9.53 Å². The van der Waals surface area contributed by atoms with Crippen LogP contribution >= 0.6 is 0 Å². The number of hydrogen-bond donors (Lipinski definition) is 0. The summed E-state index contributed by atoms with van der Waals surface area (Å²) in [5, 5.41) is 9.30. The Morgan fingerprint density at radius 2 is 2.00 bits per heavy atom. The Balaban J connectivity index is 1.97. The number of nitrogens with zero attached hydrogens (tertiary/aromatic N) is 1. The van der Waals surface area contributed by atoms with E-state index in [2.05, 4.69) is 19.9 Å². The van der Waals surface area contributed by atoms with Gasteiger partial charge in [0.15, 0.2) is 5.78 Å². The summed E-state index contributed by atoms with van der Waals surface area (Å²) >= 11 is 0. The minimum absolute atomic E-state index is 0.0537. The third-order valence-electron chi connectivity index (χ3n) is 3.96. The van der Waals surface area contributed by atoms with Crippen LogP contribution in [-0.2, 0) is 4.79 Å². The number of carbonyl (C=O) groups excluding carboxylic acids is 1. The fraction of sp³-hybridized carbons (Fsp3) is 0.556. The van der Waals surface area contributed by atoms with Crippen LogP contribution in [0.4, 0.5) is 0 Å². The van der Waals surface area contributed by atoms with E-state index in [-0.39, 0.29) is 5.78 Å². The molecule has 1 aliphatic carbocycles. The smallest absolute Gasteiger partial charge is 0.154 e. The highest BCUT2D eigenvalue weighted by molar-refractivity contribution is 5.88. The molecule has 112 valence electrons. The predicted molar refractivity (Wildman–Crippen MR) is 82.1 cm³/mol. The van der Waals surface area contributed by atoms with E-state index in [9.17, 15) is 10.1 Å². The van der Waals surface area contributed by atoms with Crippen LogP contribution < -0.4 is 4.74 Å². The average molecular weight is 285 g/mol. The third-order valence-corrected chi connectivity index (χ3v) is 3.96. The van der Waals surface area contributed by atoms with Crippen molar-refractivity contribution in [3.8, 4) is 11.8 Å². The maximum Gasteiger partial charge on any atom is 0.154 e. The van der Waals surface area contributed by atoms with Crippen LogP contribution in [0.15, 0.2) is 24.3 Å². The van der Waals surface area contributed by atoms with E-state index < -0.39 is 5.92 Å². The van der Waals surface area contributed by atoms with Crippen molar-refractivity contribution in [2.45, 2.75) is 45.4 Å². The zero-order valence-electron chi connectivity index (χ0n) is 12.8. The van der Waals surface area contributed by atoms with Gasteiger partial charge >= 0.3 is 0 Å². The molecule has 0 amide bonds. The number of rotatable bonds is 7. The first kappa shape index (κ1) is 15.6. The van der Waals surface area contributed by atoms with Crippen molar-refractivity contribution in [3.05, 3.63) is 29.8 Å². The van der Waals surface area contributed by atoms with Crippen LogP contribution in [-0.4, -0.2) is 12.4 Å². The molecule has 0 saturated heterocycles. The van der Waals surface area contributed by atoms with Crippen LogP contribution in [0.1, 0.15) is 51.0 Å². The van der Waals surface area contributed by atoms with Crippen LogP contribution in [0, 0.1) is 23.2 Å². The molecule has 0 bridgehead atoms. The molecule has 0 spiro atoms. The summed E-state index contributed by atoms with van der Waals surface area (Å²) in [6.07, 6.45) is 4.03. The Bertz CT molecular complexity index is 509. The summed E-state index contributed by atoms with van der Waals surface area (Å²) in [6, 6.07) is 9.51. The fourth-order valence-electron chi connectivity index (χ4n) is 2.45. The third kappa shape index (κ3) is 4.32. The summed E-state index contributed by atoms with van der Waals surface area (Å²) in [5.41, 5.74) is 0.777. The molecule has 1 aliphatic rings. The molecule has 3 nitrogen and oxygen atoms in total. The summed E-state index contributed by atoms with van der Waals surface area (Å²) in [6.45, 7) is 4.86. The van der Waals surface area contributed by atoms with Gasteiger partial charge in [0.25, 0.3) is 0 Å². The molecule has 3 heteroatoms. The molecule has 21 heavy (non-hydrogen) atoms. The van der Waals surface area contributed by atoms with Crippen molar-refractivity contribution in [2.75, 3.05) is 6.61 Å². The first-order chi connectivity index (χ1) is 10.1. The number of hydrogen-bond acceptors (Lipinski definition) is 3. The molecule has 0 N–H and O–H groups in total. The molecule has 1 aromatic rings. The van der Waals surface area contributed by atoms with Gasteiger partial charge in [0.2, 0.25) is 0 Å². The van der Waals surface area contributed by atoms with E-state index in [1.54, 1.807) is 0 Å². The summed E-state index contributed by atoms with van der Waals surface area (Å²) in [4.78, 5) is 12.2. The van der Waals surface area contributed by atoms with Gasteiger partial charge in [0, 0.05) is 6.42 Å². The number of benzene rings is 1. The van der Waals surface area contributed by atoms with E-state index in [0.717, 1.165) is 24.2 Å². The lowest BCUT2D eigenvalue weighted by Gasteiger charge is -2.25. The van der Waals surface area contributed by atoms with E-state index in [1.165, 1.54) is 6.42 Å². The second-order valence-corrected chi connectivity index (χ2v) is 6.30. The van der Waals surface area contributed by atoms with Gasteiger partial charge in [0.05, 0.1) is 12.7 Å². The second kappa shape index (κ2) is 7.26. The Morgan fingerprint density at radius 3 is 2.48 bits per heavy atom. The SMILES string of the molecule is CC(C)COc1ccc(C(C#N)C(=O)CC2CCC2)cc1. The molecule has 0 radical (unpaired) electrons. The quantitative estimate of drug-likeness (QED) is 0.758. The molecular formula is C18H23NO2. The van der Waals surface area contributed by atoms with E-state index in [4.69, 9.17) is 4.74 Å². The van der Waals surface area contributed by atoms with Crippen molar-refractivity contribution in [1.29, 1.82) is 5.26 Å². The van der Waals surface area contributed by atoms with Gasteiger partial charge in [0.1, 0.15) is 11.7 Å². The molecule has 0 aromatic heterocycles. The summed E-state index contributed by atoms with van der Waals surface area (Å²) in [7, 11) is 0. The number of Topliss-reactive ketones (excluding diaryl/α,β-unsaturated/α-hetero) is 1. The topological polar surface area (TPSA) is 50.1 Å². The normalized spacial score (nSPS) is 16.1. The number of carbonyl (C=O) groups is 1. The van der Waals surface area contributed by atoms with Gasteiger partial charge in [-0.2, -0.15) is 5.26 Å². The standard InChI is InChI=1S/C18H23NO2/c1-13(2)12-21-16-8-6-15(7-9-16)17(11-19)18(20)10-14-4-3-5-14/h6-9,13-14,17H,3-5,10,12H2,1-2H3. The van der Waals surface area contributed by atoms with Crippen molar-refractivity contribution >= 4 is 5.78 Å². The molecule has 1 atom stereocenters. The van der Waals surface area contributed by atoms with E-state index in [0.29, 0.717) is 24.9 Å². The lowest BCUT2D eigenvalue weighted by atomic mass is 9.79. The lowest BCUT2D eigenvalue weighted by Crippen LogP contribution is -2.20. The van der Waals surface area contributed by atoms with Gasteiger partial charge in [-0.05, 0) is 29.5 Å². The molecule has 0 heterocycles. The zero-order chi connectivity index (χ0) is 15.2. The van der Waals surface area contributed by atoms with Gasteiger partial charge in [-0.3, -0.25) is 4.79 Å². The molecule has 1 unspecified atom stereocenters. The van der Waals surface area contributed by atoms with Crippen molar-refractivity contribution in [1.82, 2.24) is 0 Å². The largest absolute Gasteiger partial charge is 0.493 e.